The minimum atomic E-state index is -4.93. The van der Waals surface area contributed by atoms with Gasteiger partial charge in [-0.25, -0.2) is 0 Å². The van der Waals surface area contributed by atoms with E-state index in [-0.39, 0.29) is 41.8 Å². The maximum absolute atomic E-state index is 13.1. The lowest BCUT2D eigenvalue weighted by Crippen LogP contribution is -2.44. The lowest BCUT2D eigenvalue weighted by molar-refractivity contribution is -0.143. The van der Waals surface area contributed by atoms with Gasteiger partial charge in [0, 0.05) is 43.0 Å². The fourth-order valence-corrected chi connectivity index (χ4v) is 4.23. The number of fused-ring (bicyclic) bond motifs is 1. The Bertz CT molecular complexity index is 1070. The van der Waals surface area contributed by atoms with E-state index in [0.717, 1.165) is 43.5 Å². The van der Waals surface area contributed by atoms with Crippen LogP contribution in [0.3, 0.4) is 0 Å². The van der Waals surface area contributed by atoms with E-state index in [0.29, 0.717) is 24.1 Å². The van der Waals surface area contributed by atoms with Crippen molar-refractivity contribution in [3.63, 3.8) is 0 Å². The first-order chi connectivity index (χ1) is 15.4. The van der Waals surface area contributed by atoms with Crippen LogP contribution in [0, 0.1) is 0 Å². The van der Waals surface area contributed by atoms with Crippen molar-refractivity contribution in [1.29, 1.82) is 0 Å². The van der Waals surface area contributed by atoms with Crippen LogP contribution in [0.1, 0.15) is 39.0 Å². The molecule has 1 fully saturated rings. The van der Waals surface area contributed by atoms with Gasteiger partial charge in [-0.15, -0.1) is 12.4 Å². The van der Waals surface area contributed by atoms with Gasteiger partial charge in [0.1, 0.15) is 0 Å². The lowest BCUT2D eigenvalue weighted by Gasteiger charge is -2.34. The third kappa shape index (κ3) is 5.58. The zero-order valence-electron chi connectivity index (χ0n) is 18.3. The number of likely N-dealkylation sites (N-methyl/N-ethyl adjacent to an activating group) is 1. The number of hydrogen-bond acceptors (Lipinski definition) is 3. The van der Waals surface area contributed by atoms with Gasteiger partial charge in [0.25, 0.3) is 0 Å². The Hall–Kier alpha value is -2.52. The molecule has 0 N–H and O–H groups in total. The molecule has 0 atom stereocenters. The minimum Gasteiger partial charge on any atom is -0.369 e. The maximum Gasteiger partial charge on any atom is 0.416 e. The van der Waals surface area contributed by atoms with E-state index in [1.54, 1.807) is 6.07 Å². The molecular weight excluding hydrogens is 482 g/mol. The quantitative estimate of drug-likeness (QED) is 0.364. The van der Waals surface area contributed by atoms with Crippen LogP contribution in [-0.4, -0.2) is 43.9 Å². The number of ketones is 1. The first kappa shape index (κ1) is 26.1. The number of piperazine rings is 1. The highest BCUT2D eigenvalue weighted by molar-refractivity contribution is 6.13. The monoisotopic (exact) mass is 504 g/mol. The average molecular weight is 505 g/mol. The second-order valence-corrected chi connectivity index (χ2v) is 8.47. The number of carbonyl (C=O) groups is 1. The van der Waals surface area contributed by atoms with Crippen LogP contribution in [0.2, 0.25) is 0 Å². The molecule has 34 heavy (non-hydrogen) atoms. The van der Waals surface area contributed by atoms with Crippen LogP contribution in [0.15, 0.2) is 42.0 Å². The topological polar surface area (TPSA) is 23.6 Å². The largest absolute Gasteiger partial charge is 0.416 e. The number of hydrogen-bond donors (Lipinski definition) is 0. The van der Waals surface area contributed by atoms with Crippen molar-refractivity contribution in [3.05, 3.63) is 69.8 Å². The Kier molecular flexibility index (Phi) is 7.38. The van der Waals surface area contributed by atoms with Crippen molar-refractivity contribution in [2.45, 2.75) is 25.2 Å². The zero-order valence-corrected chi connectivity index (χ0v) is 19.1. The molecule has 0 amide bonds. The van der Waals surface area contributed by atoms with E-state index in [1.165, 1.54) is 0 Å². The second kappa shape index (κ2) is 9.62. The lowest BCUT2D eigenvalue weighted by atomic mass is 9.85. The maximum atomic E-state index is 13.1. The van der Waals surface area contributed by atoms with Crippen molar-refractivity contribution < 1.29 is 31.1 Å². The number of nitrogens with zero attached hydrogens (tertiary/aromatic N) is 2. The fraction of sp³-hybridized carbons (Fsp3) is 0.375. The van der Waals surface area contributed by atoms with Gasteiger partial charge in [-0.05, 0) is 73.5 Å². The molecule has 2 aliphatic rings. The van der Waals surface area contributed by atoms with E-state index in [2.05, 4.69) is 16.8 Å². The predicted molar refractivity (Wildman–Crippen MR) is 120 cm³/mol. The van der Waals surface area contributed by atoms with Crippen LogP contribution in [0.5, 0.6) is 0 Å². The molecule has 0 aromatic heterocycles. The molecule has 2 aromatic carbocycles. The van der Waals surface area contributed by atoms with Crippen LogP contribution in [0.4, 0.5) is 32.0 Å². The van der Waals surface area contributed by atoms with Crippen LogP contribution >= 0.6 is 12.4 Å². The van der Waals surface area contributed by atoms with Gasteiger partial charge in [0.15, 0.2) is 5.78 Å². The molecule has 10 heteroatoms. The highest BCUT2D eigenvalue weighted by Crippen LogP contribution is 2.37. The first-order valence-corrected chi connectivity index (χ1v) is 10.5. The Labute approximate surface area is 199 Å². The molecule has 2 aromatic rings. The summed E-state index contributed by atoms with van der Waals surface area (Å²) in [7, 11) is 2.05. The molecule has 1 heterocycles. The van der Waals surface area contributed by atoms with Gasteiger partial charge in [-0.2, -0.15) is 26.3 Å². The molecule has 0 saturated carbocycles. The highest BCUT2D eigenvalue weighted by Gasteiger charge is 2.37. The van der Waals surface area contributed by atoms with E-state index in [1.807, 2.05) is 12.1 Å². The van der Waals surface area contributed by atoms with Crippen molar-refractivity contribution >= 4 is 30.0 Å². The number of anilines is 1. The average Bonchev–Trinajstić information content (AvgIpc) is 2.74. The van der Waals surface area contributed by atoms with Crippen LogP contribution in [0.25, 0.3) is 6.08 Å². The second-order valence-electron chi connectivity index (χ2n) is 8.47. The van der Waals surface area contributed by atoms with Gasteiger partial charge in [-0.3, -0.25) is 4.79 Å². The van der Waals surface area contributed by atoms with E-state index in [4.69, 9.17) is 0 Å². The summed E-state index contributed by atoms with van der Waals surface area (Å²) in [5, 5.41) is 0. The highest BCUT2D eigenvalue weighted by atomic mass is 35.5. The van der Waals surface area contributed by atoms with Crippen LogP contribution in [-0.2, 0) is 18.8 Å². The summed E-state index contributed by atoms with van der Waals surface area (Å²) in [6, 6.07) is 6.87. The number of allylic oxidation sites excluding steroid dienone is 1. The molecule has 0 unspecified atom stereocenters. The Morgan fingerprint density at radius 3 is 1.97 bits per heavy atom. The Morgan fingerprint density at radius 2 is 1.41 bits per heavy atom. The van der Waals surface area contributed by atoms with Crippen molar-refractivity contribution in [2.24, 2.45) is 0 Å². The SMILES string of the molecule is CN1CCN(c2ccc3c(c2)CC/C(=C\c2cc(C(F)(F)F)cc(C(F)(F)F)c2)C3=O)CC1.Cl. The van der Waals surface area contributed by atoms with Crippen LogP contribution < -0.4 is 4.90 Å². The molecule has 1 aliphatic carbocycles. The third-order valence-corrected chi connectivity index (χ3v) is 6.11. The molecule has 4 rings (SSSR count). The summed E-state index contributed by atoms with van der Waals surface area (Å²) in [5.41, 5.74) is -0.605. The molecule has 184 valence electrons. The number of alkyl halides is 6. The molecule has 3 nitrogen and oxygen atoms in total. The van der Waals surface area contributed by atoms with Crippen molar-refractivity contribution in [3.8, 4) is 0 Å². The van der Waals surface area contributed by atoms with Crippen molar-refractivity contribution in [1.82, 2.24) is 4.90 Å². The standard InChI is InChI=1S/C24H22F6N2O.ClH/c1-31-6-8-32(9-7-31)20-4-5-21-16(13-20)2-3-17(22(21)33)10-15-11-18(23(25,26)27)14-19(12-15)24(28,29)30;/h4-5,10-14H,2-3,6-9H2,1H3;1H/b17-10+;. The number of benzene rings is 2. The molecule has 0 radical (unpaired) electrons. The Balaban J connectivity index is 0.00000324. The van der Waals surface area contributed by atoms with Crippen molar-refractivity contribution in [2.75, 3.05) is 38.1 Å². The number of Topliss-reactive ketones (excluding diaryl/α,β-unsaturated/α-hetero) is 1. The van der Waals surface area contributed by atoms with E-state index < -0.39 is 23.5 Å². The zero-order chi connectivity index (χ0) is 24.0. The summed E-state index contributed by atoms with van der Waals surface area (Å²) >= 11 is 0. The number of halogens is 7. The molecule has 1 saturated heterocycles. The normalized spacial score (nSPS) is 18.6. The van der Waals surface area contributed by atoms with Gasteiger partial charge < -0.3 is 9.80 Å². The summed E-state index contributed by atoms with van der Waals surface area (Å²) in [4.78, 5) is 17.4. The molecule has 1 aliphatic heterocycles. The van der Waals surface area contributed by atoms with E-state index in [9.17, 15) is 31.1 Å². The smallest absolute Gasteiger partial charge is 0.369 e. The summed E-state index contributed by atoms with van der Waals surface area (Å²) in [5.74, 6) is -0.368. The molecule has 0 spiro atoms. The predicted octanol–water partition coefficient (Wildman–Crippen LogP) is 6.11. The number of aryl methyl sites for hydroxylation is 1. The number of carbonyl (C=O) groups excluding carboxylic acids is 1. The van der Waals surface area contributed by atoms with Gasteiger partial charge in [0.05, 0.1) is 11.1 Å². The molecular formula is C24H23ClF6N2O. The fourth-order valence-electron chi connectivity index (χ4n) is 4.23. The minimum absolute atomic E-state index is 0. The van der Waals surface area contributed by atoms with Gasteiger partial charge in [0.2, 0.25) is 0 Å². The summed E-state index contributed by atoms with van der Waals surface area (Å²) in [6.45, 7) is 3.59. The number of rotatable bonds is 2. The Morgan fingerprint density at radius 1 is 0.824 bits per heavy atom. The summed E-state index contributed by atoms with van der Waals surface area (Å²) < 4.78 is 78.8. The third-order valence-electron chi connectivity index (χ3n) is 6.11. The van der Waals surface area contributed by atoms with Gasteiger partial charge in [-0.1, -0.05) is 0 Å². The first-order valence-electron chi connectivity index (χ1n) is 10.5. The van der Waals surface area contributed by atoms with E-state index >= 15 is 0 Å². The summed E-state index contributed by atoms with van der Waals surface area (Å²) in [6.07, 6.45) is -7.99. The molecule has 0 bridgehead atoms. The van der Waals surface area contributed by atoms with Gasteiger partial charge >= 0.3 is 12.4 Å².